The lowest BCUT2D eigenvalue weighted by Gasteiger charge is -2.30. The van der Waals surface area contributed by atoms with Crippen molar-refractivity contribution in [2.45, 2.75) is 0 Å². The fraction of sp³-hybridized carbons (Fsp3) is 0. The highest BCUT2D eigenvalue weighted by Gasteiger charge is 2.23. The molecule has 11 rings (SSSR count). The van der Waals surface area contributed by atoms with Crippen LogP contribution in [0.2, 0.25) is 0 Å². The molecule has 0 radical (unpaired) electrons. The van der Waals surface area contributed by atoms with Crippen molar-refractivity contribution in [2.24, 2.45) is 0 Å². The van der Waals surface area contributed by atoms with Gasteiger partial charge in [-0.1, -0.05) is 182 Å². The molecule has 0 aliphatic rings. The number of anilines is 3. The molecule has 0 atom stereocenters. The topological polar surface area (TPSA) is 16.4 Å². The Labute approximate surface area is 349 Å². The van der Waals surface area contributed by atoms with Crippen molar-refractivity contribution in [2.75, 3.05) is 4.90 Å². The molecule has 0 aliphatic carbocycles. The van der Waals surface area contributed by atoms with Crippen LogP contribution in [0.15, 0.2) is 241 Å². The third-order valence-corrected chi connectivity index (χ3v) is 11.7. The van der Waals surface area contributed by atoms with Gasteiger partial charge in [0.05, 0.1) is 5.69 Å². The van der Waals surface area contributed by atoms with E-state index >= 15 is 0 Å². The summed E-state index contributed by atoms with van der Waals surface area (Å²) in [5, 5.41) is 4.73. The third-order valence-electron chi connectivity index (χ3n) is 11.7. The second-order valence-corrected chi connectivity index (χ2v) is 15.3. The van der Waals surface area contributed by atoms with E-state index in [9.17, 15) is 0 Å². The Bertz CT molecular complexity index is 3310. The molecule has 0 bridgehead atoms. The molecule has 1 heterocycles. The second kappa shape index (κ2) is 15.1. The Hall–Kier alpha value is -7.94. The maximum Gasteiger partial charge on any atom is 0.136 e. The molecule has 2 nitrogen and oxygen atoms in total. The third kappa shape index (κ3) is 6.41. The van der Waals surface area contributed by atoms with Crippen molar-refractivity contribution in [3.63, 3.8) is 0 Å². The number of hydrogen-bond acceptors (Lipinski definition) is 2. The van der Waals surface area contributed by atoms with E-state index in [1.165, 1.54) is 49.7 Å². The van der Waals surface area contributed by atoms with Crippen molar-refractivity contribution < 1.29 is 4.42 Å². The Morgan fingerprint density at radius 2 is 0.850 bits per heavy atom. The molecule has 0 aliphatic heterocycles. The zero-order valence-corrected chi connectivity index (χ0v) is 32.9. The van der Waals surface area contributed by atoms with Gasteiger partial charge in [0.2, 0.25) is 0 Å². The fourth-order valence-electron chi connectivity index (χ4n) is 8.77. The number of rotatable bonds is 8. The molecule has 2 heteroatoms. The molecule has 60 heavy (non-hydrogen) atoms. The first-order valence-electron chi connectivity index (χ1n) is 20.5. The van der Waals surface area contributed by atoms with Crippen LogP contribution in [-0.4, -0.2) is 0 Å². The standard InChI is InChI=1S/C58H39NO/c1-3-16-42(17-4-1)50-23-9-10-25-54(50)58-51(43-18-5-2-6-19-43)26-14-27-55(58)59(49-22-13-21-45(38-49)46-30-29-40-15-7-8-20-44(40)37-46)48-34-31-41(32-35-48)47-33-36-53-52-24-11-12-28-56(52)60-57(53)39-47/h1-39H. The van der Waals surface area contributed by atoms with Crippen molar-refractivity contribution >= 4 is 49.8 Å². The number of furan rings is 1. The highest BCUT2D eigenvalue weighted by Crippen LogP contribution is 2.48. The number of hydrogen-bond donors (Lipinski definition) is 0. The Balaban J connectivity index is 1.12. The van der Waals surface area contributed by atoms with Gasteiger partial charge in [-0.2, -0.15) is 0 Å². The molecule has 282 valence electrons. The van der Waals surface area contributed by atoms with E-state index in [0.29, 0.717) is 0 Å². The highest BCUT2D eigenvalue weighted by atomic mass is 16.3. The average molecular weight is 766 g/mol. The monoisotopic (exact) mass is 765 g/mol. The molecule has 0 fully saturated rings. The molecule has 0 saturated carbocycles. The lowest BCUT2D eigenvalue weighted by molar-refractivity contribution is 0.669. The SMILES string of the molecule is c1ccc(-c2ccccc2-c2c(-c3ccccc3)cccc2N(c2ccc(-c3ccc4c(c3)oc3ccccc34)cc2)c2cccc(-c3ccc4ccccc4c3)c2)cc1. The van der Waals surface area contributed by atoms with E-state index in [0.717, 1.165) is 55.7 Å². The second-order valence-electron chi connectivity index (χ2n) is 15.3. The van der Waals surface area contributed by atoms with Crippen LogP contribution in [0.1, 0.15) is 0 Å². The Kier molecular flexibility index (Phi) is 8.87. The zero-order chi connectivity index (χ0) is 39.8. The fourth-order valence-corrected chi connectivity index (χ4v) is 8.77. The highest BCUT2D eigenvalue weighted by molar-refractivity contribution is 6.06. The van der Waals surface area contributed by atoms with Gasteiger partial charge in [0.1, 0.15) is 11.2 Å². The van der Waals surface area contributed by atoms with Crippen LogP contribution in [0.25, 0.3) is 88.3 Å². The summed E-state index contributed by atoms with van der Waals surface area (Å²) in [5.74, 6) is 0. The molecular weight excluding hydrogens is 727 g/mol. The van der Waals surface area contributed by atoms with E-state index in [2.05, 4.69) is 229 Å². The predicted octanol–water partition coefficient (Wildman–Crippen LogP) is 16.5. The van der Waals surface area contributed by atoms with Crippen LogP contribution in [-0.2, 0) is 0 Å². The van der Waals surface area contributed by atoms with Crippen LogP contribution < -0.4 is 4.90 Å². The molecular formula is C58H39NO. The van der Waals surface area contributed by atoms with Gasteiger partial charge in [0.15, 0.2) is 0 Å². The Morgan fingerprint density at radius 3 is 1.67 bits per heavy atom. The first-order chi connectivity index (χ1) is 29.7. The van der Waals surface area contributed by atoms with Crippen LogP contribution in [0.4, 0.5) is 17.1 Å². The van der Waals surface area contributed by atoms with Crippen LogP contribution in [0.5, 0.6) is 0 Å². The van der Waals surface area contributed by atoms with Crippen LogP contribution in [0, 0.1) is 0 Å². The summed E-state index contributed by atoms with van der Waals surface area (Å²) < 4.78 is 6.30. The lowest BCUT2D eigenvalue weighted by Crippen LogP contribution is -2.12. The maximum absolute atomic E-state index is 6.30. The molecule has 10 aromatic carbocycles. The van der Waals surface area contributed by atoms with Gasteiger partial charge in [0, 0.05) is 27.7 Å². The molecule has 0 saturated heterocycles. The zero-order valence-electron chi connectivity index (χ0n) is 32.9. The molecule has 11 aromatic rings. The summed E-state index contributed by atoms with van der Waals surface area (Å²) in [5.41, 5.74) is 16.6. The molecule has 1 aromatic heterocycles. The summed E-state index contributed by atoms with van der Waals surface area (Å²) in [7, 11) is 0. The van der Waals surface area contributed by atoms with Crippen molar-refractivity contribution in [1.82, 2.24) is 0 Å². The molecule has 0 N–H and O–H groups in total. The molecule has 0 unspecified atom stereocenters. The smallest absolute Gasteiger partial charge is 0.136 e. The summed E-state index contributed by atoms with van der Waals surface area (Å²) in [6, 6.07) is 85.1. The lowest BCUT2D eigenvalue weighted by atomic mass is 9.87. The molecule has 0 spiro atoms. The van der Waals surface area contributed by atoms with Gasteiger partial charge in [-0.05, 0) is 115 Å². The van der Waals surface area contributed by atoms with Gasteiger partial charge in [0.25, 0.3) is 0 Å². The summed E-state index contributed by atoms with van der Waals surface area (Å²) in [6.07, 6.45) is 0. The summed E-state index contributed by atoms with van der Waals surface area (Å²) in [4.78, 5) is 2.43. The van der Waals surface area contributed by atoms with Gasteiger partial charge < -0.3 is 9.32 Å². The number of para-hydroxylation sites is 1. The van der Waals surface area contributed by atoms with E-state index in [4.69, 9.17) is 4.42 Å². The average Bonchev–Trinajstić information content (AvgIpc) is 3.70. The molecule has 0 amide bonds. The van der Waals surface area contributed by atoms with Gasteiger partial charge in [-0.3, -0.25) is 0 Å². The number of fused-ring (bicyclic) bond motifs is 4. The Morgan fingerprint density at radius 1 is 0.283 bits per heavy atom. The minimum atomic E-state index is 0.893. The van der Waals surface area contributed by atoms with Crippen LogP contribution >= 0.6 is 0 Å². The van der Waals surface area contributed by atoms with Crippen LogP contribution in [0.3, 0.4) is 0 Å². The summed E-state index contributed by atoms with van der Waals surface area (Å²) in [6.45, 7) is 0. The normalized spacial score (nSPS) is 11.3. The van der Waals surface area contributed by atoms with E-state index in [1.54, 1.807) is 0 Å². The number of benzene rings is 10. The first-order valence-corrected chi connectivity index (χ1v) is 20.5. The van der Waals surface area contributed by atoms with Crippen molar-refractivity contribution in [3.05, 3.63) is 237 Å². The van der Waals surface area contributed by atoms with Gasteiger partial charge in [-0.15, -0.1) is 0 Å². The quantitative estimate of drug-likeness (QED) is 0.153. The first kappa shape index (κ1) is 35.2. The van der Waals surface area contributed by atoms with Crippen molar-refractivity contribution in [1.29, 1.82) is 0 Å². The largest absolute Gasteiger partial charge is 0.456 e. The minimum absolute atomic E-state index is 0.893. The minimum Gasteiger partial charge on any atom is -0.456 e. The van der Waals surface area contributed by atoms with E-state index in [1.807, 2.05) is 12.1 Å². The summed E-state index contributed by atoms with van der Waals surface area (Å²) >= 11 is 0. The van der Waals surface area contributed by atoms with E-state index in [-0.39, 0.29) is 0 Å². The van der Waals surface area contributed by atoms with E-state index < -0.39 is 0 Å². The van der Waals surface area contributed by atoms with Crippen molar-refractivity contribution in [3.8, 4) is 55.6 Å². The predicted molar refractivity (Wildman–Crippen MR) is 253 cm³/mol. The number of nitrogens with zero attached hydrogens (tertiary/aromatic N) is 1. The van der Waals surface area contributed by atoms with Gasteiger partial charge in [-0.25, -0.2) is 0 Å². The maximum atomic E-state index is 6.30. The van der Waals surface area contributed by atoms with Gasteiger partial charge >= 0.3 is 0 Å².